The molecule has 0 aliphatic heterocycles. The molecule has 4 heteroatoms. The molecule has 2 unspecified atom stereocenters. The van der Waals surface area contributed by atoms with Crippen molar-refractivity contribution in [2.24, 2.45) is 11.7 Å². The van der Waals surface area contributed by atoms with Crippen LogP contribution in [0.1, 0.15) is 26.7 Å². The predicted octanol–water partition coefficient (Wildman–Crippen LogP) is 3.04. The van der Waals surface area contributed by atoms with Crippen LogP contribution in [0.3, 0.4) is 0 Å². The lowest BCUT2D eigenvalue weighted by molar-refractivity contribution is -0.119. The van der Waals surface area contributed by atoms with Gasteiger partial charge < -0.3 is 11.1 Å². The highest BCUT2D eigenvalue weighted by Gasteiger charge is 2.22. The van der Waals surface area contributed by atoms with Gasteiger partial charge in [0.05, 0.1) is 10.7 Å². The Hall–Kier alpha value is -1.22. The molecule has 1 rings (SSSR count). The van der Waals surface area contributed by atoms with Gasteiger partial charge in [-0.25, -0.2) is 0 Å². The molecule has 0 bridgehead atoms. The van der Waals surface area contributed by atoms with E-state index in [4.69, 9.17) is 17.3 Å². The van der Waals surface area contributed by atoms with Crippen LogP contribution in [0, 0.1) is 5.92 Å². The molecule has 1 aromatic carbocycles. The van der Waals surface area contributed by atoms with E-state index < -0.39 is 0 Å². The Labute approximate surface area is 107 Å². The van der Waals surface area contributed by atoms with Gasteiger partial charge in [0.15, 0.2) is 0 Å². The average Bonchev–Trinajstić information content (AvgIpc) is 2.27. The largest absolute Gasteiger partial charge is 0.372 e. The molecule has 0 radical (unpaired) electrons. The maximum atomic E-state index is 11.4. The second kappa shape index (κ2) is 6.50. The van der Waals surface area contributed by atoms with Crippen molar-refractivity contribution in [2.75, 3.05) is 5.32 Å². The SMILES string of the molecule is CCCC(C)C(Nc1ccccc1Cl)C(N)=O. The van der Waals surface area contributed by atoms with Crippen LogP contribution in [0.5, 0.6) is 0 Å². The Morgan fingerprint density at radius 2 is 2.12 bits per heavy atom. The van der Waals surface area contributed by atoms with E-state index in [1.807, 2.05) is 25.1 Å². The molecule has 3 nitrogen and oxygen atoms in total. The van der Waals surface area contributed by atoms with E-state index in [0.29, 0.717) is 5.02 Å². The number of anilines is 1. The molecular weight excluding hydrogens is 236 g/mol. The third-order valence-electron chi connectivity index (χ3n) is 2.80. The summed E-state index contributed by atoms with van der Waals surface area (Å²) in [5.74, 6) is -0.153. The molecule has 0 saturated heterocycles. The van der Waals surface area contributed by atoms with Crippen molar-refractivity contribution in [1.82, 2.24) is 0 Å². The first-order valence-corrected chi connectivity index (χ1v) is 6.24. The highest BCUT2D eigenvalue weighted by Crippen LogP contribution is 2.23. The topological polar surface area (TPSA) is 55.1 Å². The molecule has 0 saturated carbocycles. The van der Waals surface area contributed by atoms with Gasteiger partial charge in [0.25, 0.3) is 0 Å². The first-order valence-electron chi connectivity index (χ1n) is 5.86. The summed E-state index contributed by atoms with van der Waals surface area (Å²) in [6.07, 6.45) is 1.97. The van der Waals surface area contributed by atoms with Crippen LogP contribution in [0.2, 0.25) is 5.02 Å². The normalized spacial score (nSPS) is 14.1. The number of rotatable bonds is 6. The quantitative estimate of drug-likeness (QED) is 0.820. The van der Waals surface area contributed by atoms with Gasteiger partial charge in [0.2, 0.25) is 5.91 Å². The maximum Gasteiger partial charge on any atom is 0.240 e. The van der Waals surface area contributed by atoms with E-state index in [1.165, 1.54) is 0 Å². The van der Waals surface area contributed by atoms with E-state index in [1.54, 1.807) is 6.07 Å². The molecule has 0 aliphatic rings. The van der Waals surface area contributed by atoms with Crippen molar-refractivity contribution < 1.29 is 4.79 Å². The zero-order valence-corrected chi connectivity index (χ0v) is 11.0. The zero-order chi connectivity index (χ0) is 12.8. The fourth-order valence-corrected chi connectivity index (χ4v) is 2.05. The van der Waals surface area contributed by atoms with Gasteiger partial charge >= 0.3 is 0 Å². The molecule has 1 amide bonds. The van der Waals surface area contributed by atoms with Crippen molar-refractivity contribution in [2.45, 2.75) is 32.7 Å². The monoisotopic (exact) mass is 254 g/mol. The number of nitrogens with two attached hydrogens (primary N) is 1. The second-order valence-corrected chi connectivity index (χ2v) is 4.68. The van der Waals surface area contributed by atoms with Crippen LogP contribution in [-0.4, -0.2) is 11.9 Å². The van der Waals surface area contributed by atoms with Gasteiger partial charge in [-0.05, 0) is 24.5 Å². The third-order valence-corrected chi connectivity index (χ3v) is 3.13. The van der Waals surface area contributed by atoms with Crippen molar-refractivity contribution in [1.29, 1.82) is 0 Å². The lowest BCUT2D eigenvalue weighted by atomic mass is 9.96. The Balaban J connectivity index is 2.80. The highest BCUT2D eigenvalue weighted by atomic mass is 35.5. The number of primary amides is 1. The molecule has 2 atom stereocenters. The minimum Gasteiger partial charge on any atom is -0.372 e. The van der Waals surface area contributed by atoms with Crippen molar-refractivity contribution in [3.05, 3.63) is 29.3 Å². The Morgan fingerprint density at radius 1 is 1.47 bits per heavy atom. The lowest BCUT2D eigenvalue weighted by Crippen LogP contribution is -2.40. The van der Waals surface area contributed by atoms with Gasteiger partial charge in [-0.3, -0.25) is 4.79 Å². The van der Waals surface area contributed by atoms with Crippen LogP contribution in [0.4, 0.5) is 5.69 Å². The molecule has 3 N–H and O–H groups in total. The third kappa shape index (κ3) is 3.93. The smallest absolute Gasteiger partial charge is 0.240 e. The van der Waals surface area contributed by atoms with E-state index in [2.05, 4.69) is 12.2 Å². The van der Waals surface area contributed by atoms with Gasteiger partial charge in [0, 0.05) is 0 Å². The van der Waals surface area contributed by atoms with E-state index >= 15 is 0 Å². The van der Waals surface area contributed by atoms with Gasteiger partial charge in [-0.2, -0.15) is 0 Å². The summed E-state index contributed by atoms with van der Waals surface area (Å²) in [6.45, 7) is 4.10. The highest BCUT2D eigenvalue weighted by molar-refractivity contribution is 6.33. The molecule has 0 aliphatic carbocycles. The van der Waals surface area contributed by atoms with E-state index in [-0.39, 0.29) is 17.9 Å². The van der Waals surface area contributed by atoms with Crippen molar-refractivity contribution in [3.63, 3.8) is 0 Å². The minimum atomic E-state index is -0.380. The van der Waals surface area contributed by atoms with Crippen LogP contribution < -0.4 is 11.1 Å². The standard InChI is InChI=1S/C13H19ClN2O/c1-3-6-9(2)12(13(15)17)16-11-8-5-4-7-10(11)14/h4-5,7-9,12,16H,3,6H2,1-2H3,(H2,15,17). The predicted molar refractivity (Wildman–Crippen MR) is 72.1 cm³/mol. The molecule has 0 aromatic heterocycles. The lowest BCUT2D eigenvalue weighted by Gasteiger charge is -2.23. The maximum absolute atomic E-state index is 11.4. The fraction of sp³-hybridized carbons (Fsp3) is 0.462. The van der Waals surface area contributed by atoms with Gasteiger partial charge in [-0.15, -0.1) is 0 Å². The Kier molecular flexibility index (Phi) is 5.29. The first-order chi connectivity index (χ1) is 8.06. The molecular formula is C13H19ClN2O. The molecule has 0 fully saturated rings. The number of carbonyl (C=O) groups is 1. The Bertz CT molecular complexity index is 381. The molecule has 0 spiro atoms. The number of carbonyl (C=O) groups excluding carboxylic acids is 1. The number of hydrogen-bond donors (Lipinski definition) is 2. The Morgan fingerprint density at radius 3 is 2.65 bits per heavy atom. The van der Waals surface area contributed by atoms with Crippen molar-refractivity contribution >= 4 is 23.2 Å². The summed E-state index contributed by atoms with van der Waals surface area (Å²) < 4.78 is 0. The minimum absolute atomic E-state index is 0.189. The molecule has 17 heavy (non-hydrogen) atoms. The number of benzene rings is 1. The summed E-state index contributed by atoms with van der Waals surface area (Å²) in [5.41, 5.74) is 6.17. The molecule has 94 valence electrons. The second-order valence-electron chi connectivity index (χ2n) is 4.27. The van der Waals surface area contributed by atoms with Crippen LogP contribution in [0.15, 0.2) is 24.3 Å². The van der Waals surface area contributed by atoms with E-state index in [9.17, 15) is 4.79 Å². The van der Waals surface area contributed by atoms with Crippen molar-refractivity contribution in [3.8, 4) is 0 Å². The van der Waals surface area contributed by atoms with E-state index in [0.717, 1.165) is 18.5 Å². The summed E-state index contributed by atoms with van der Waals surface area (Å²) in [4.78, 5) is 11.4. The number of hydrogen-bond acceptors (Lipinski definition) is 2. The number of nitrogens with one attached hydrogen (secondary N) is 1. The first kappa shape index (κ1) is 13.8. The molecule has 0 heterocycles. The number of para-hydroxylation sites is 1. The number of halogens is 1. The van der Waals surface area contributed by atoms with Gasteiger partial charge in [-0.1, -0.05) is 44.0 Å². The molecule has 1 aromatic rings. The fourth-order valence-electron chi connectivity index (χ4n) is 1.86. The summed E-state index contributed by atoms with van der Waals surface area (Å²) >= 11 is 6.04. The van der Waals surface area contributed by atoms with Crippen LogP contribution in [0.25, 0.3) is 0 Å². The summed E-state index contributed by atoms with van der Waals surface area (Å²) in [6, 6.07) is 6.97. The summed E-state index contributed by atoms with van der Waals surface area (Å²) in [5, 5.41) is 3.72. The average molecular weight is 255 g/mol. The van der Waals surface area contributed by atoms with Gasteiger partial charge in [0.1, 0.15) is 6.04 Å². The van der Waals surface area contributed by atoms with Crippen LogP contribution >= 0.6 is 11.6 Å². The zero-order valence-electron chi connectivity index (χ0n) is 10.2. The number of amides is 1. The van der Waals surface area contributed by atoms with Crippen LogP contribution in [-0.2, 0) is 4.79 Å². The summed E-state index contributed by atoms with van der Waals surface area (Å²) in [7, 11) is 0.